The molecule has 0 bridgehead atoms. The van der Waals surface area contributed by atoms with Crippen molar-refractivity contribution in [2.75, 3.05) is 11.5 Å². The van der Waals surface area contributed by atoms with Gasteiger partial charge in [-0.25, -0.2) is 9.69 Å². The standard InChI is InChI=1S/C26H21ClN2O5/c1-2-33-20-11-9-19(10-12-20)29-25(31)21(24(30)28-26(29)32)14-18-8-13-23(22(27)15-18)34-16-17-6-4-3-5-7-17/h3-15H,2,16H2,1H3,(H,28,30,32)/b21-14+. The number of nitrogens with one attached hydrogen (secondary N) is 1. The maximum absolute atomic E-state index is 13.1. The molecule has 1 fully saturated rings. The lowest BCUT2D eigenvalue weighted by Gasteiger charge is -2.26. The molecule has 1 saturated heterocycles. The van der Waals surface area contributed by atoms with Crippen molar-refractivity contribution in [3.63, 3.8) is 0 Å². The molecule has 0 radical (unpaired) electrons. The summed E-state index contributed by atoms with van der Waals surface area (Å²) in [5.41, 5.74) is 1.62. The quantitative estimate of drug-likeness (QED) is 0.384. The first-order valence-corrected chi connectivity index (χ1v) is 10.9. The summed E-state index contributed by atoms with van der Waals surface area (Å²) in [6.45, 7) is 2.69. The Morgan fingerprint density at radius 3 is 2.35 bits per heavy atom. The van der Waals surface area contributed by atoms with Gasteiger partial charge in [0.25, 0.3) is 11.8 Å². The number of halogens is 1. The molecule has 4 rings (SSSR count). The monoisotopic (exact) mass is 476 g/mol. The number of hydrogen-bond donors (Lipinski definition) is 1. The molecular formula is C26H21ClN2O5. The molecule has 3 aromatic rings. The molecule has 0 aliphatic carbocycles. The van der Waals surface area contributed by atoms with Crippen molar-refractivity contribution in [1.82, 2.24) is 5.32 Å². The number of anilines is 1. The van der Waals surface area contributed by atoms with E-state index < -0.39 is 17.8 Å². The highest BCUT2D eigenvalue weighted by atomic mass is 35.5. The predicted octanol–water partition coefficient (Wildman–Crippen LogP) is 4.98. The van der Waals surface area contributed by atoms with Crippen LogP contribution in [0.2, 0.25) is 5.02 Å². The van der Waals surface area contributed by atoms with Crippen molar-refractivity contribution in [2.45, 2.75) is 13.5 Å². The van der Waals surface area contributed by atoms with E-state index in [0.717, 1.165) is 10.5 Å². The van der Waals surface area contributed by atoms with Crippen LogP contribution in [0.15, 0.2) is 78.4 Å². The molecule has 1 heterocycles. The number of amides is 4. The van der Waals surface area contributed by atoms with Crippen molar-refractivity contribution in [3.05, 3.63) is 94.5 Å². The van der Waals surface area contributed by atoms with Gasteiger partial charge in [-0.15, -0.1) is 0 Å². The smallest absolute Gasteiger partial charge is 0.335 e. The van der Waals surface area contributed by atoms with Gasteiger partial charge < -0.3 is 9.47 Å². The van der Waals surface area contributed by atoms with Crippen LogP contribution in [0.3, 0.4) is 0 Å². The molecule has 34 heavy (non-hydrogen) atoms. The summed E-state index contributed by atoms with van der Waals surface area (Å²) in [5, 5.41) is 2.53. The number of urea groups is 1. The number of ether oxygens (including phenoxy) is 2. The molecule has 4 amide bonds. The molecule has 172 valence electrons. The fraction of sp³-hybridized carbons (Fsp3) is 0.115. The van der Waals surface area contributed by atoms with Crippen LogP contribution >= 0.6 is 11.6 Å². The number of benzene rings is 3. The lowest BCUT2D eigenvalue weighted by Crippen LogP contribution is -2.54. The average Bonchev–Trinajstić information content (AvgIpc) is 2.83. The van der Waals surface area contributed by atoms with Crippen LogP contribution in [0.4, 0.5) is 10.5 Å². The zero-order valence-electron chi connectivity index (χ0n) is 18.3. The molecule has 0 unspecified atom stereocenters. The highest BCUT2D eigenvalue weighted by molar-refractivity contribution is 6.39. The molecule has 3 aromatic carbocycles. The van der Waals surface area contributed by atoms with Gasteiger partial charge in [0.2, 0.25) is 0 Å². The Bertz CT molecular complexity index is 1260. The molecule has 0 spiro atoms. The zero-order valence-corrected chi connectivity index (χ0v) is 19.0. The summed E-state index contributed by atoms with van der Waals surface area (Å²) in [6.07, 6.45) is 1.39. The van der Waals surface area contributed by atoms with Crippen LogP contribution in [-0.2, 0) is 16.2 Å². The van der Waals surface area contributed by atoms with Gasteiger partial charge in [-0.3, -0.25) is 14.9 Å². The Hall–Kier alpha value is -4.10. The molecule has 0 atom stereocenters. The fourth-order valence-corrected chi connectivity index (χ4v) is 3.62. The second kappa shape index (κ2) is 10.2. The van der Waals surface area contributed by atoms with E-state index in [0.29, 0.717) is 41.0 Å². The second-order valence-electron chi connectivity index (χ2n) is 7.35. The van der Waals surface area contributed by atoms with Crippen LogP contribution in [-0.4, -0.2) is 24.5 Å². The highest BCUT2D eigenvalue weighted by Crippen LogP contribution is 2.29. The summed E-state index contributed by atoms with van der Waals surface area (Å²) in [7, 11) is 0. The summed E-state index contributed by atoms with van der Waals surface area (Å²) in [4.78, 5) is 38.8. The third kappa shape index (κ3) is 5.10. The highest BCUT2D eigenvalue weighted by Gasteiger charge is 2.36. The molecular weight excluding hydrogens is 456 g/mol. The SMILES string of the molecule is CCOc1ccc(N2C(=O)NC(=O)/C(=C\c3ccc(OCc4ccccc4)c(Cl)c3)C2=O)cc1. The minimum absolute atomic E-state index is 0.192. The first-order valence-electron chi connectivity index (χ1n) is 10.6. The largest absolute Gasteiger partial charge is 0.494 e. The molecule has 0 saturated carbocycles. The Morgan fingerprint density at radius 2 is 1.68 bits per heavy atom. The predicted molar refractivity (Wildman–Crippen MR) is 129 cm³/mol. The van der Waals surface area contributed by atoms with Crippen LogP contribution in [0.1, 0.15) is 18.1 Å². The van der Waals surface area contributed by atoms with Gasteiger partial charge in [-0.05, 0) is 60.5 Å². The van der Waals surface area contributed by atoms with Crippen LogP contribution in [0.5, 0.6) is 11.5 Å². The second-order valence-corrected chi connectivity index (χ2v) is 7.76. The first kappa shape index (κ1) is 23.1. The van der Waals surface area contributed by atoms with Gasteiger partial charge in [0, 0.05) is 0 Å². The van der Waals surface area contributed by atoms with E-state index in [9.17, 15) is 14.4 Å². The number of hydrogen-bond acceptors (Lipinski definition) is 5. The Kier molecular flexibility index (Phi) is 6.94. The van der Waals surface area contributed by atoms with Crippen molar-refractivity contribution in [1.29, 1.82) is 0 Å². The summed E-state index contributed by atoms with van der Waals surface area (Å²) >= 11 is 6.36. The fourth-order valence-electron chi connectivity index (χ4n) is 3.38. The van der Waals surface area contributed by atoms with E-state index in [2.05, 4.69) is 5.32 Å². The van der Waals surface area contributed by atoms with Gasteiger partial charge in [-0.1, -0.05) is 48.0 Å². The first-order chi connectivity index (χ1) is 16.5. The van der Waals surface area contributed by atoms with Crippen molar-refractivity contribution >= 4 is 41.2 Å². The summed E-state index contributed by atoms with van der Waals surface area (Å²) in [5.74, 6) is -0.443. The minimum atomic E-state index is -0.820. The van der Waals surface area contributed by atoms with Gasteiger partial charge in [-0.2, -0.15) is 0 Å². The van der Waals surface area contributed by atoms with Crippen LogP contribution < -0.4 is 19.7 Å². The number of carbonyl (C=O) groups excluding carboxylic acids is 3. The number of barbiturate groups is 1. The van der Waals surface area contributed by atoms with Gasteiger partial charge in [0.05, 0.1) is 17.3 Å². The van der Waals surface area contributed by atoms with Crippen molar-refractivity contribution in [2.24, 2.45) is 0 Å². The number of imide groups is 2. The molecule has 1 aliphatic rings. The van der Waals surface area contributed by atoms with E-state index in [1.54, 1.807) is 42.5 Å². The molecule has 8 heteroatoms. The Labute approximate surface area is 201 Å². The van der Waals surface area contributed by atoms with E-state index >= 15 is 0 Å². The normalized spacial score (nSPS) is 14.8. The summed E-state index contributed by atoms with van der Waals surface area (Å²) < 4.78 is 11.2. The van der Waals surface area contributed by atoms with Gasteiger partial charge in [0.1, 0.15) is 23.7 Å². The van der Waals surface area contributed by atoms with Crippen molar-refractivity contribution in [3.8, 4) is 11.5 Å². The van der Waals surface area contributed by atoms with Gasteiger partial charge >= 0.3 is 6.03 Å². The molecule has 0 aromatic heterocycles. The van der Waals surface area contributed by atoms with Gasteiger partial charge in [0.15, 0.2) is 0 Å². The summed E-state index contributed by atoms with van der Waals surface area (Å²) in [6, 6.07) is 20.2. The zero-order chi connectivity index (χ0) is 24.1. The Balaban J connectivity index is 1.55. The molecule has 1 N–H and O–H groups in total. The number of carbonyl (C=O) groups is 3. The van der Waals surface area contributed by atoms with Crippen LogP contribution in [0.25, 0.3) is 6.08 Å². The third-order valence-corrected chi connectivity index (χ3v) is 5.31. The van der Waals surface area contributed by atoms with E-state index in [4.69, 9.17) is 21.1 Å². The van der Waals surface area contributed by atoms with E-state index in [-0.39, 0.29) is 5.57 Å². The average molecular weight is 477 g/mol. The maximum atomic E-state index is 13.1. The molecule has 1 aliphatic heterocycles. The lowest BCUT2D eigenvalue weighted by molar-refractivity contribution is -0.122. The number of rotatable bonds is 7. The lowest BCUT2D eigenvalue weighted by atomic mass is 10.1. The van der Waals surface area contributed by atoms with Crippen molar-refractivity contribution < 1.29 is 23.9 Å². The maximum Gasteiger partial charge on any atom is 0.335 e. The minimum Gasteiger partial charge on any atom is -0.494 e. The molecule has 7 nitrogen and oxygen atoms in total. The van der Waals surface area contributed by atoms with Crippen LogP contribution in [0, 0.1) is 0 Å². The topological polar surface area (TPSA) is 84.9 Å². The van der Waals surface area contributed by atoms with E-state index in [1.807, 2.05) is 37.3 Å². The van der Waals surface area contributed by atoms with E-state index in [1.165, 1.54) is 6.08 Å². The Morgan fingerprint density at radius 1 is 0.941 bits per heavy atom. The third-order valence-electron chi connectivity index (χ3n) is 5.01. The number of nitrogens with zero attached hydrogens (tertiary/aromatic N) is 1.